The molecule has 5 nitrogen and oxygen atoms in total. The second kappa shape index (κ2) is 9.81. The minimum atomic E-state index is -0.883. The molecule has 0 unspecified atom stereocenters. The van der Waals surface area contributed by atoms with Crippen LogP contribution in [0, 0.1) is 5.82 Å². The lowest BCUT2D eigenvalue weighted by atomic mass is 9.95. The lowest BCUT2D eigenvalue weighted by Crippen LogP contribution is -2.31. The van der Waals surface area contributed by atoms with Crippen molar-refractivity contribution in [2.24, 2.45) is 0 Å². The van der Waals surface area contributed by atoms with Gasteiger partial charge in [-0.1, -0.05) is 35.3 Å². The van der Waals surface area contributed by atoms with Crippen molar-refractivity contribution in [2.75, 3.05) is 13.2 Å². The van der Waals surface area contributed by atoms with Gasteiger partial charge in [0.25, 0.3) is 11.7 Å². The number of hydrogen-bond donors (Lipinski definition) is 1. The molecule has 1 aliphatic heterocycles. The number of amides is 1. The van der Waals surface area contributed by atoms with Crippen molar-refractivity contribution in [1.29, 1.82) is 0 Å². The molecule has 1 fully saturated rings. The van der Waals surface area contributed by atoms with E-state index in [1.807, 2.05) is 13.8 Å². The zero-order chi connectivity index (χ0) is 22.7. The van der Waals surface area contributed by atoms with E-state index in [2.05, 4.69) is 0 Å². The molecule has 8 heteroatoms. The van der Waals surface area contributed by atoms with Crippen molar-refractivity contribution >= 4 is 40.7 Å². The summed E-state index contributed by atoms with van der Waals surface area (Å²) in [5.41, 5.74) is 0.571. The highest BCUT2D eigenvalue weighted by Gasteiger charge is 2.46. The van der Waals surface area contributed by atoms with Crippen molar-refractivity contribution in [1.82, 2.24) is 4.90 Å². The minimum Gasteiger partial charge on any atom is -0.507 e. The summed E-state index contributed by atoms with van der Waals surface area (Å²) in [7, 11) is 0. The van der Waals surface area contributed by atoms with E-state index in [4.69, 9.17) is 27.9 Å². The maximum atomic E-state index is 13.5. The Morgan fingerprint density at radius 1 is 1.16 bits per heavy atom. The third kappa shape index (κ3) is 5.09. The molecule has 3 rings (SSSR count). The van der Waals surface area contributed by atoms with Crippen molar-refractivity contribution in [2.45, 2.75) is 32.4 Å². The number of aliphatic hydroxyl groups is 1. The first kappa shape index (κ1) is 23.3. The summed E-state index contributed by atoms with van der Waals surface area (Å²) in [6, 6.07) is 9.01. The molecule has 0 aliphatic carbocycles. The lowest BCUT2D eigenvalue weighted by Gasteiger charge is -2.25. The molecule has 0 aromatic heterocycles. The van der Waals surface area contributed by atoms with E-state index in [-0.39, 0.29) is 28.8 Å². The molecule has 0 spiro atoms. The van der Waals surface area contributed by atoms with E-state index in [0.29, 0.717) is 23.6 Å². The zero-order valence-electron chi connectivity index (χ0n) is 17.1. The maximum absolute atomic E-state index is 13.5. The summed E-state index contributed by atoms with van der Waals surface area (Å²) in [6.07, 6.45) is 0.528. The number of ketones is 1. The maximum Gasteiger partial charge on any atom is 0.295 e. The normalized spacial score (nSPS) is 18.3. The highest BCUT2D eigenvalue weighted by atomic mass is 35.5. The van der Waals surface area contributed by atoms with Crippen LogP contribution in [0.25, 0.3) is 5.76 Å². The number of ether oxygens (including phenoxy) is 1. The highest BCUT2D eigenvalue weighted by molar-refractivity contribution is 6.47. The van der Waals surface area contributed by atoms with Crippen LogP contribution in [0.1, 0.15) is 37.4 Å². The molecule has 0 radical (unpaired) electrons. The lowest BCUT2D eigenvalue weighted by molar-refractivity contribution is -0.140. The summed E-state index contributed by atoms with van der Waals surface area (Å²) >= 11 is 12.1. The molecule has 2 aromatic rings. The molecule has 1 amide bonds. The first-order valence-corrected chi connectivity index (χ1v) is 10.6. The summed E-state index contributed by atoms with van der Waals surface area (Å²) in [5.74, 6) is -2.44. The molecule has 1 atom stereocenters. The molecule has 164 valence electrons. The summed E-state index contributed by atoms with van der Waals surface area (Å²) in [5, 5.41) is 11.5. The Morgan fingerprint density at radius 2 is 1.84 bits per heavy atom. The summed E-state index contributed by atoms with van der Waals surface area (Å²) in [6.45, 7) is 4.44. The van der Waals surface area contributed by atoms with E-state index in [9.17, 15) is 19.1 Å². The Hall–Kier alpha value is -2.41. The first-order valence-electron chi connectivity index (χ1n) is 9.81. The van der Waals surface area contributed by atoms with E-state index in [1.54, 1.807) is 0 Å². The Kier molecular flexibility index (Phi) is 7.36. The minimum absolute atomic E-state index is 0.0374. The fraction of sp³-hybridized carbons (Fsp3) is 0.304. The summed E-state index contributed by atoms with van der Waals surface area (Å²) in [4.78, 5) is 27.1. The SMILES string of the molecule is CC(C)OCCCN1C(=O)C(=O)C(=C(O)c2ccc(Cl)cc2Cl)[C@H]1c1ccc(F)cc1. The van der Waals surface area contributed by atoms with Crippen LogP contribution in [-0.4, -0.2) is 41.0 Å². The molecule has 2 aromatic carbocycles. The Balaban J connectivity index is 2.06. The molecular weight excluding hydrogens is 444 g/mol. The number of rotatable bonds is 7. The second-order valence-electron chi connectivity index (χ2n) is 7.44. The average Bonchev–Trinajstić information content (AvgIpc) is 2.96. The topological polar surface area (TPSA) is 66.8 Å². The van der Waals surface area contributed by atoms with Gasteiger partial charge in [-0.2, -0.15) is 0 Å². The fourth-order valence-corrected chi connectivity index (χ4v) is 3.98. The molecule has 1 aliphatic rings. The number of nitrogens with zero attached hydrogens (tertiary/aromatic N) is 1. The Bertz CT molecular complexity index is 1020. The van der Waals surface area contributed by atoms with Gasteiger partial charge < -0.3 is 14.7 Å². The molecule has 1 heterocycles. The molecule has 1 N–H and O–H groups in total. The van der Waals surface area contributed by atoms with Crippen molar-refractivity contribution in [3.05, 3.63) is 75.0 Å². The van der Waals surface area contributed by atoms with E-state index >= 15 is 0 Å². The molecule has 1 saturated heterocycles. The van der Waals surface area contributed by atoms with Gasteiger partial charge in [-0.25, -0.2) is 4.39 Å². The number of Topliss-reactive ketones (excluding diaryl/α,β-unsaturated/α-hetero) is 1. The van der Waals surface area contributed by atoms with E-state index in [0.717, 1.165) is 0 Å². The number of aliphatic hydroxyl groups excluding tert-OH is 1. The number of carbonyl (C=O) groups excluding carboxylic acids is 2. The van der Waals surface area contributed by atoms with Crippen LogP contribution < -0.4 is 0 Å². The van der Waals surface area contributed by atoms with Crippen LogP contribution in [0.2, 0.25) is 10.0 Å². The van der Waals surface area contributed by atoms with Crippen LogP contribution in [0.5, 0.6) is 0 Å². The third-order valence-corrected chi connectivity index (χ3v) is 5.45. The smallest absolute Gasteiger partial charge is 0.295 e. The van der Waals surface area contributed by atoms with Crippen molar-refractivity contribution in [3.63, 3.8) is 0 Å². The quantitative estimate of drug-likeness (QED) is 0.258. The third-order valence-electron chi connectivity index (χ3n) is 4.91. The van der Waals surface area contributed by atoms with Gasteiger partial charge in [-0.3, -0.25) is 9.59 Å². The van der Waals surface area contributed by atoms with E-state index < -0.39 is 29.3 Å². The average molecular weight is 466 g/mol. The van der Waals surface area contributed by atoms with Crippen LogP contribution in [0.4, 0.5) is 4.39 Å². The van der Waals surface area contributed by atoms with Gasteiger partial charge in [0.1, 0.15) is 11.6 Å². The summed E-state index contributed by atoms with van der Waals surface area (Å²) < 4.78 is 19.0. The number of hydrogen-bond acceptors (Lipinski definition) is 4. The van der Waals surface area contributed by atoms with Gasteiger partial charge in [0, 0.05) is 23.7 Å². The van der Waals surface area contributed by atoms with Crippen LogP contribution in [0.15, 0.2) is 48.0 Å². The van der Waals surface area contributed by atoms with Gasteiger partial charge in [-0.05, 0) is 56.2 Å². The number of halogens is 3. The largest absolute Gasteiger partial charge is 0.507 e. The predicted molar refractivity (Wildman–Crippen MR) is 118 cm³/mol. The predicted octanol–water partition coefficient (Wildman–Crippen LogP) is 5.37. The van der Waals surface area contributed by atoms with Crippen LogP contribution in [0.3, 0.4) is 0 Å². The van der Waals surface area contributed by atoms with Gasteiger partial charge in [0.05, 0.1) is 22.7 Å². The van der Waals surface area contributed by atoms with Crippen molar-refractivity contribution < 1.29 is 23.8 Å². The fourth-order valence-electron chi connectivity index (χ4n) is 3.48. The van der Waals surface area contributed by atoms with E-state index in [1.165, 1.54) is 47.4 Å². The second-order valence-corrected chi connectivity index (χ2v) is 8.28. The van der Waals surface area contributed by atoms with Crippen LogP contribution >= 0.6 is 23.2 Å². The molecule has 0 bridgehead atoms. The number of carbonyl (C=O) groups is 2. The Morgan fingerprint density at radius 3 is 2.45 bits per heavy atom. The number of benzene rings is 2. The molecular formula is C23H22Cl2FNO4. The number of likely N-dealkylation sites (tertiary alicyclic amines) is 1. The van der Waals surface area contributed by atoms with Gasteiger partial charge in [0.2, 0.25) is 0 Å². The van der Waals surface area contributed by atoms with Gasteiger partial charge in [0.15, 0.2) is 0 Å². The van der Waals surface area contributed by atoms with Gasteiger partial charge in [-0.15, -0.1) is 0 Å². The van der Waals surface area contributed by atoms with Crippen LogP contribution in [-0.2, 0) is 14.3 Å². The standard InChI is InChI=1S/C23H22Cl2FNO4/c1-13(2)31-11-3-10-27-20(14-4-7-16(26)8-5-14)19(22(29)23(27)30)21(28)17-9-6-15(24)12-18(17)25/h4-9,12-13,20,28H,3,10-11H2,1-2H3/t20-/m1/s1. The van der Waals surface area contributed by atoms with Gasteiger partial charge >= 0.3 is 0 Å². The first-order chi connectivity index (χ1) is 14.7. The Labute approximate surface area is 190 Å². The monoisotopic (exact) mass is 465 g/mol. The zero-order valence-corrected chi connectivity index (χ0v) is 18.6. The molecule has 0 saturated carbocycles. The van der Waals surface area contributed by atoms with Crippen molar-refractivity contribution in [3.8, 4) is 0 Å². The highest BCUT2D eigenvalue weighted by Crippen LogP contribution is 2.40. The molecule has 31 heavy (non-hydrogen) atoms.